The lowest BCUT2D eigenvalue weighted by molar-refractivity contribution is 0.0703. The molecule has 2 aromatic carbocycles. The molecule has 0 bridgehead atoms. The summed E-state index contributed by atoms with van der Waals surface area (Å²) in [5.41, 5.74) is 4.36. The quantitative estimate of drug-likeness (QED) is 0.549. The lowest BCUT2D eigenvalue weighted by atomic mass is 9.98. The minimum Gasteiger partial charge on any atom is -0.477 e. The first-order chi connectivity index (χ1) is 11.7. The van der Waals surface area contributed by atoms with E-state index in [-0.39, 0.29) is 0 Å². The van der Waals surface area contributed by atoms with Crippen LogP contribution >= 0.6 is 23.3 Å². The minimum atomic E-state index is -0.904. The number of benzene rings is 2. The molecule has 2 N–H and O–H groups in total. The van der Waals surface area contributed by atoms with Gasteiger partial charge in [0, 0.05) is 4.90 Å². The molecule has 0 aliphatic rings. The Hall–Kier alpha value is -2.24. The largest absolute Gasteiger partial charge is 0.477 e. The van der Waals surface area contributed by atoms with Gasteiger partial charge in [0.25, 0.3) is 0 Å². The van der Waals surface area contributed by atoms with Crippen molar-refractivity contribution in [2.45, 2.75) is 18.2 Å². The molecule has 0 saturated heterocycles. The van der Waals surface area contributed by atoms with Crippen LogP contribution in [0.25, 0.3) is 11.1 Å². The number of carboxylic acids is 1. The first-order valence-electron chi connectivity index (χ1n) is 7.61. The molecule has 0 unspecified atom stereocenters. The van der Waals surface area contributed by atoms with Crippen molar-refractivity contribution in [3.63, 3.8) is 0 Å². The van der Waals surface area contributed by atoms with E-state index in [1.165, 1.54) is 40.0 Å². The molecule has 0 amide bonds. The number of aryl methyl sites for hydroxylation is 1. The molecule has 122 valence electrons. The Labute approximate surface area is 149 Å². The smallest absolute Gasteiger partial charge is 0.348 e. The maximum atomic E-state index is 11.2. The first-order valence-corrected chi connectivity index (χ1v) is 9.30. The van der Waals surface area contributed by atoms with Crippen LogP contribution in [0.3, 0.4) is 0 Å². The number of hydrogen-bond donors (Lipinski definition) is 2. The normalized spacial score (nSPS) is 10.5. The van der Waals surface area contributed by atoms with E-state index in [2.05, 4.69) is 48.0 Å². The van der Waals surface area contributed by atoms with Crippen molar-refractivity contribution in [2.75, 3.05) is 4.72 Å². The summed E-state index contributed by atoms with van der Waals surface area (Å²) in [5.74, 6) is -0.904. The van der Waals surface area contributed by atoms with E-state index < -0.39 is 5.97 Å². The molecule has 0 aliphatic heterocycles. The number of thiophene rings is 1. The van der Waals surface area contributed by atoms with Crippen LogP contribution in [0, 0.1) is 0 Å². The van der Waals surface area contributed by atoms with Gasteiger partial charge in [0.15, 0.2) is 0 Å². The number of hydrogen-bond acceptors (Lipinski definition) is 4. The number of nitrogens with one attached hydrogen (secondary N) is 1. The van der Waals surface area contributed by atoms with Gasteiger partial charge >= 0.3 is 5.97 Å². The van der Waals surface area contributed by atoms with E-state index in [9.17, 15) is 4.79 Å². The third-order valence-electron chi connectivity index (χ3n) is 3.68. The number of carbonyl (C=O) groups is 1. The fourth-order valence-electron chi connectivity index (χ4n) is 2.51. The third kappa shape index (κ3) is 3.63. The Balaban J connectivity index is 1.81. The predicted octanol–water partition coefficient (Wildman–Crippen LogP) is 5.79. The molecular formula is C19H17NO2S2. The van der Waals surface area contributed by atoms with E-state index >= 15 is 0 Å². The van der Waals surface area contributed by atoms with Gasteiger partial charge in [0.2, 0.25) is 0 Å². The van der Waals surface area contributed by atoms with Crippen molar-refractivity contribution >= 4 is 34.9 Å². The van der Waals surface area contributed by atoms with Crippen LogP contribution in [0.5, 0.6) is 0 Å². The number of carboxylic acid groups (broad SMARTS) is 1. The van der Waals surface area contributed by atoms with Crippen LogP contribution in [-0.4, -0.2) is 11.1 Å². The van der Waals surface area contributed by atoms with Gasteiger partial charge < -0.3 is 9.83 Å². The summed E-state index contributed by atoms with van der Waals surface area (Å²) in [6, 6.07) is 18.5. The molecule has 3 nitrogen and oxygen atoms in total. The standard InChI is InChI=1S/C19H17NO2S2/c1-2-13-6-3-4-9-16(13)14-7-5-8-15(12-14)24-20-17-10-11-23-18(17)19(21)22/h3-12,20H,2H2,1H3,(H,21,22). The van der Waals surface area contributed by atoms with Crippen LogP contribution in [0.1, 0.15) is 22.2 Å². The molecule has 5 heteroatoms. The van der Waals surface area contributed by atoms with Crippen LogP contribution in [0.2, 0.25) is 0 Å². The van der Waals surface area contributed by atoms with E-state index in [0.717, 1.165) is 11.3 Å². The lowest BCUT2D eigenvalue weighted by Crippen LogP contribution is -1.96. The summed E-state index contributed by atoms with van der Waals surface area (Å²) in [4.78, 5) is 12.5. The fourth-order valence-corrected chi connectivity index (χ4v) is 3.99. The number of aromatic carboxylic acids is 1. The van der Waals surface area contributed by atoms with E-state index in [1.807, 2.05) is 12.1 Å². The van der Waals surface area contributed by atoms with Gasteiger partial charge in [-0.15, -0.1) is 11.3 Å². The molecule has 24 heavy (non-hydrogen) atoms. The second kappa shape index (κ2) is 7.55. The fraction of sp³-hybridized carbons (Fsp3) is 0.105. The van der Waals surface area contributed by atoms with Gasteiger partial charge in [-0.05, 0) is 58.6 Å². The maximum absolute atomic E-state index is 11.2. The topological polar surface area (TPSA) is 49.3 Å². The third-order valence-corrected chi connectivity index (χ3v) is 5.40. The second-order valence-electron chi connectivity index (χ2n) is 5.21. The van der Waals surface area contributed by atoms with Crippen molar-refractivity contribution in [1.29, 1.82) is 0 Å². The zero-order valence-corrected chi connectivity index (χ0v) is 14.8. The zero-order valence-electron chi connectivity index (χ0n) is 13.2. The summed E-state index contributed by atoms with van der Waals surface area (Å²) >= 11 is 2.65. The zero-order chi connectivity index (χ0) is 16.9. The molecule has 0 fully saturated rings. The highest BCUT2D eigenvalue weighted by atomic mass is 32.2. The monoisotopic (exact) mass is 355 g/mol. The second-order valence-corrected chi connectivity index (χ2v) is 7.01. The molecule has 3 rings (SSSR count). The summed E-state index contributed by atoms with van der Waals surface area (Å²) in [5, 5.41) is 10.9. The highest BCUT2D eigenvalue weighted by Gasteiger charge is 2.11. The molecule has 1 aromatic heterocycles. The molecule has 0 atom stereocenters. The Morgan fingerprint density at radius 2 is 2.00 bits per heavy atom. The summed E-state index contributed by atoms with van der Waals surface area (Å²) in [6.07, 6.45) is 0.989. The van der Waals surface area contributed by atoms with Gasteiger partial charge in [-0.2, -0.15) is 0 Å². The average molecular weight is 355 g/mol. The summed E-state index contributed by atoms with van der Waals surface area (Å²) in [7, 11) is 0. The molecular weight excluding hydrogens is 338 g/mol. The SMILES string of the molecule is CCc1ccccc1-c1cccc(SNc2ccsc2C(=O)O)c1. The Kier molecular flexibility index (Phi) is 5.23. The van der Waals surface area contributed by atoms with Crippen molar-refractivity contribution in [3.8, 4) is 11.1 Å². The highest BCUT2D eigenvalue weighted by Crippen LogP contribution is 2.31. The van der Waals surface area contributed by atoms with Gasteiger partial charge in [0.1, 0.15) is 4.88 Å². The molecule has 0 spiro atoms. The van der Waals surface area contributed by atoms with Crippen LogP contribution < -0.4 is 4.72 Å². The van der Waals surface area contributed by atoms with Crippen LogP contribution in [0.4, 0.5) is 5.69 Å². The number of rotatable bonds is 6. The first kappa shape index (κ1) is 16.6. The van der Waals surface area contributed by atoms with E-state index in [1.54, 1.807) is 11.4 Å². The Morgan fingerprint density at radius 3 is 2.79 bits per heavy atom. The Morgan fingerprint density at radius 1 is 1.17 bits per heavy atom. The van der Waals surface area contributed by atoms with E-state index in [4.69, 9.17) is 5.11 Å². The molecule has 1 heterocycles. The predicted molar refractivity (Wildman–Crippen MR) is 102 cm³/mol. The van der Waals surface area contributed by atoms with Crippen molar-refractivity contribution in [1.82, 2.24) is 0 Å². The minimum absolute atomic E-state index is 0.329. The van der Waals surface area contributed by atoms with Crippen LogP contribution in [-0.2, 0) is 6.42 Å². The lowest BCUT2D eigenvalue weighted by Gasteiger charge is -2.10. The van der Waals surface area contributed by atoms with Gasteiger partial charge in [-0.1, -0.05) is 43.3 Å². The van der Waals surface area contributed by atoms with Gasteiger partial charge in [-0.25, -0.2) is 4.79 Å². The van der Waals surface area contributed by atoms with E-state index in [0.29, 0.717) is 10.6 Å². The van der Waals surface area contributed by atoms with Crippen molar-refractivity contribution in [2.24, 2.45) is 0 Å². The Bertz CT molecular complexity index is 858. The average Bonchev–Trinajstić information content (AvgIpc) is 3.09. The van der Waals surface area contributed by atoms with Crippen LogP contribution in [0.15, 0.2) is 64.9 Å². The molecule has 0 saturated carbocycles. The molecule has 0 radical (unpaired) electrons. The van der Waals surface area contributed by atoms with Gasteiger partial charge in [-0.3, -0.25) is 0 Å². The van der Waals surface area contributed by atoms with Gasteiger partial charge in [0.05, 0.1) is 5.69 Å². The maximum Gasteiger partial charge on any atom is 0.348 e. The summed E-state index contributed by atoms with van der Waals surface area (Å²) in [6.45, 7) is 2.16. The number of anilines is 1. The highest BCUT2D eigenvalue weighted by molar-refractivity contribution is 8.00. The van der Waals surface area contributed by atoms with Crippen molar-refractivity contribution < 1.29 is 9.90 Å². The summed E-state index contributed by atoms with van der Waals surface area (Å²) < 4.78 is 3.14. The molecule has 3 aromatic rings. The van der Waals surface area contributed by atoms with Crippen molar-refractivity contribution in [3.05, 3.63) is 70.4 Å². The molecule has 0 aliphatic carbocycles.